The van der Waals surface area contributed by atoms with Crippen molar-refractivity contribution < 1.29 is 19.2 Å². The van der Waals surface area contributed by atoms with Gasteiger partial charge in [-0.05, 0) is 49.2 Å². The van der Waals surface area contributed by atoms with Gasteiger partial charge in [-0.1, -0.05) is 17.7 Å². The zero-order valence-electron chi connectivity index (χ0n) is 13.5. The SMILES string of the molecule is Cc1cc(C)cc(NC(=O)COC(=O)c2ccc(Cl)c([N+](=O)[O-])c2)c1. The number of ether oxygens (including phenoxy) is 1. The van der Waals surface area contributed by atoms with E-state index in [1.54, 1.807) is 12.1 Å². The van der Waals surface area contributed by atoms with E-state index in [2.05, 4.69) is 5.32 Å². The van der Waals surface area contributed by atoms with Gasteiger partial charge in [0, 0.05) is 11.8 Å². The Hall–Kier alpha value is -2.93. The van der Waals surface area contributed by atoms with Crippen LogP contribution in [0.2, 0.25) is 5.02 Å². The standard InChI is InChI=1S/C17H15ClN2O5/c1-10-5-11(2)7-13(6-10)19-16(21)9-25-17(22)12-3-4-14(18)15(8-12)20(23)24/h3-8H,9H2,1-2H3,(H,19,21). The predicted octanol–water partition coefficient (Wildman–Crippen LogP) is 3.66. The molecule has 0 fully saturated rings. The highest BCUT2D eigenvalue weighted by atomic mass is 35.5. The fourth-order valence-electron chi connectivity index (χ4n) is 2.24. The summed E-state index contributed by atoms with van der Waals surface area (Å²) in [6.45, 7) is 3.29. The van der Waals surface area contributed by atoms with Crippen LogP contribution in [0, 0.1) is 24.0 Å². The molecule has 130 valence electrons. The van der Waals surface area contributed by atoms with Gasteiger partial charge in [0.2, 0.25) is 0 Å². The van der Waals surface area contributed by atoms with E-state index in [-0.39, 0.29) is 10.6 Å². The summed E-state index contributed by atoms with van der Waals surface area (Å²) < 4.78 is 4.88. The first-order valence-corrected chi connectivity index (χ1v) is 7.63. The highest BCUT2D eigenvalue weighted by Gasteiger charge is 2.18. The largest absolute Gasteiger partial charge is 0.452 e. The monoisotopic (exact) mass is 362 g/mol. The molecule has 0 bridgehead atoms. The second kappa shape index (κ2) is 7.76. The Morgan fingerprint density at radius 1 is 1.16 bits per heavy atom. The summed E-state index contributed by atoms with van der Waals surface area (Å²) in [5.74, 6) is -1.36. The number of halogens is 1. The van der Waals surface area contributed by atoms with Crippen molar-refractivity contribution in [1.82, 2.24) is 0 Å². The molecule has 0 radical (unpaired) electrons. The van der Waals surface area contributed by atoms with Crippen molar-refractivity contribution in [1.29, 1.82) is 0 Å². The lowest BCUT2D eigenvalue weighted by Gasteiger charge is -2.08. The maximum Gasteiger partial charge on any atom is 0.338 e. The third-order valence-electron chi connectivity index (χ3n) is 3.22. The van der Waals surface area contributed by atoms with Gasteiger partial charge in [-0.15, -0.1) is 0 Å². The first-order chi connectivity index (χ1) is 11.8. The fraction of sp³-hybridized carbons (Fsp3) is 0.176. The molecule has 0 heterocycles. The van der Waals surface area contributed by atoms with Gasteiger partial charge >= 0.3 is 5.97 Å². The van der Waals surface area contributed by atoms with Crippen molar-refractivity contribution in [2.75, 3.05) is 11.9 Å². The molecule has 25 heavy (non-hydrogen) atoms. The number of carbonyl (C=O) groups is 2. The van der Waals surface area contributed by atoms with E-state index in [0.29, 0.717) is 5.69 Å². The molecule has 0 aliphatic rings. The molecule has 2 aromatic carbocycles. The van der Waals surface area contributed by atoms with Gasteiger partial charge in [0.15, 0.2) is 6.61 Å². The minimum Gasteiger partial charge on any atom is -0.452 e. The minimum atomic E-state index is -0.852. The Balaban J connectivity index is 1.98. The van der Waals surface area contributed by atoms with Crippen molar-refractivity contribution in [2.24, 2.45) is 0 Å². The average molecular weight is 363 g/mol. The second-order valence-electron chi connectivity index (χ2n) is 5.42. The molecule has 0 spiro atoms. The quantitative estimate of drug-likeness (QED) is 0.497. The number of carbonyl (C=O) groups excluding carboxylic acids is 2. The summed E-state index contributed by atoms with van der Waals surface area (Å²) in [4.78, 5) is 33.9. The van der Waals surface area contributed by atoms with E-state index < -0.39 is 29.1 Å². The van der Waals surface area contributed by atoms with Gasteiger partial charge in [-0.25, -0.2) is 4.79 Å². The van der Waals surface area contributed by atoms with E-state index in [4.69, 9.17) is 16.3 Å². The Kier molecular flexibility index (Phi) is 5.71. The fourth-order valence-corrected chi connectivity index (χ4v) is 2.42. The highest BCUT2D eigenvalue weighted by molar-refractivity contribution is 6.32. The van der Waals surface area contributed by atoms with Gasteiger partial charge in [0.1, 0.15) is 5.02 Å². The van der Waals surface area contributed by atoms with E-state index in [1.165, 1.54) is 12.1 Å². The number of rotatable bonds is 5. The van der Waals surface area contributed by atoms with E-state index >= 15 is 0 Å². The molecule has 1 N–H and O–H groups in total. The van der Waals surface area contributed by atoms with Gasteiger partial charge in [-0.3, -0.25) is 14.9 Å². The molecule has 0 atom stereocenters. The molecule has 0 saturated carbocycles. The summed E-state index contributed by atoms with van der Waals surface area (Å²) in [7, 11) is 0. The lowest BCUT2D eigenvalue weighted by molar-refractivity contribution is -0.384. The van der Waals surface area contributed by atoms with Crippen LogP contribution in [0.25, 0.3) is 0 Å². The number of benzene rings is 2. The number of aryl methyl sites for hydroxylation is 2. The van der Waals surface area contributed by atoms with E-state index in [9.17, 15) is 19.7 Å². The first kappa shape index (κ1) is 18.4. The minimum absolute atomic E-state index is 0.0599. The Labute approximate surface area is 148 Å². The topological polar surface area (TPSA) is 98.5 Å². The zero-order valence-corrected chi connectivity index (χ0v) is 14.3. The van der Waals surface area contributed by atoms with Crippen LogP contribution >= 0.6 is 11.6 Å². The smallest absolute Gasteiger partial charge is 0.338 e. The number of hydrogen-bond donors (Lipinski definition) is 1. The van der Waals surface area contributed by atoms with Gasteiger partial charge < -0.3 is 10.1 Å². The summed E-state index contributed by atoms with van der Waals surface area (Å²) in [6, 6.07) is 9.06. The van der Waals surface area contributed by atoms with Crippen LogP contribution in [0.4, 0.5) is 11.4 Å². The lowest BCUT2D eigenvalue weighted by atomic mass is 10.1. The summed E-state index contributed by atoms with van der Waals surface area (Å²) >= 11 is 5.68. The number of anilines is 1. The number of nitro benzene ring substituents is 1. The van der Waals surface area contributed by atoms with Crippen molar-refractivity contribution >= 4 is 34.9 Å². The molecule has 8 heteroatoms. The van der Waals surface area contributed by atoms with Gasteiger partial charge in [0.25, 0.3) is 11.6 Å². The maximum absolute atomic E-state index is 11.9. The molecule has 0 saturated heterocycles. The Morgan fingerprint density at radius 3 is 2.40 bits per heavy atom. The molecular formula is C17H15ClN2O5. The zero-order chi connectivity index (χ0) is 18.6. The molecule has 0 unspecified atom stereocenters. The summed E-state index contributed by atoms with van der Waals surface area (Å²) in [6.07, 6.45) is 0. The number of nitrogens with one attached hydrogen (secondary N) is 1. The molecule has 2 rings (SSSR count). The normalized spacial score (nSPS) is 10.2. The molecule has 1 amide bonds. The second-order valence-corrected chi connectivity index (χ2v) is 5.83. The first-order valence-electron chi connectivity index (χ1n) is 7.25. The van der Waals surface area contributed by atoms with E-state index in [1.807, 2.05) is 19.9 Å². The predicted molar refractivity (Wildman–Crippen MR) is 92.9 cm³/mol. The molecule has 7 nitrogen and oxygen atoms in total. The molecule has 0 aliphatic carbocycles. The van der Waals surface area contributed by atoms with Crippen LogP contribution in [0.1, 0.15) is 21.5 Å². The van der Waals surface area contributed by atoms with Crippen LogP contribution in [0.15, 0.2) is 36.4 Å². The van der Waals surface area contributed by atoms with Crippen molar-refractivity contribution in [3.63, 3.8) is 0 Å². The lowest BCUT2D eigenvalue weighted by Crippen LogP contribution is -2.21. The highest BCUT2D eigenvalue weighted by Crippen LogP contribution is 2.25. The Morgan fingerprint density at radius 2 is 1.80 bits per heavy atom. The van der Waals surface area contributed by atoms with Crippen LogP contribution < -0.4 is 5.32 Å². The van der Waals surface area contributed by atoms with E-state index in [0.717, 1.165) is 17.2 Å². The van der Waals surface area contributed by atoms with Crippen molar-refractivity contribution in [3.8, 4) is 0 Å². The molecule has 0 aromatic heterocycles. The van der Waals surface area contributed by atoms with Gasteiger partial charge in [-0.2, -0.15) is 0 Å². The van der Waals surface area contributed by atoms with Crippen LogP contribution in [0.5, 0.6) is 0 Å². The van der Waals surface area contributed by atoms with Crippen LogP contribution in [-0.4, -0.2) is 23.4 Å². The molecule has 2 aromatic rings. The van der Waals surface area contributed by atoms with Crippen LogP contribution in [0.3, 0.4) is 0 Å². The molecular weight excluding hydrogens is 348 g/mol. The summed E-state index contributed by atoms with van der Waals surface area (Å²) in [5, 5.41) is 13.4. The third-order valence-corrected chi connectivity index (χ3v) is 3.54. The van der Waals surface area contributed by atoms with Crippen LogP contribution in [-0.2, 0) is 9.53 Å². The number of esters is 1. The number of nitro groups is 1. The summed E-state index contributed by atoms with van der Waals surface area (Å²) in [5.41, 5.74) is 2.10. The Bertz CT molecular complexity index is 831. The van der Waals surface area contributed by atoms with Crippen molar-refractivity contribution in [2.45, 2.75) is 13.8 Å². The number of amides is 1. The maximum atomic E-state index is 11.9. The van der Waals surface area contributed by atoms with Gasteiger partial charge in [0.05, 0.1) is 10.5 Å². The molecule has 0 aliphatic heterocycles. The third kappa shape index (κ3) is 5.02. The average Bonchev–Trinajstić information content (AvgIpc) is 2.51. The number of hydrogen-bond acceptors (Lipinski definition) is 5. The van der Waals surface area contributed by atoms with Crippen molar-refractivity contribution in [3.05, 3.63) is 68.2 Å². The number of nitrogens with zero attached hydrogens (tertiary/aromatic N) is 1.